The maximum atomic E-state index is 5.99. The van der Waals surface area contributed by atoms with Crippen LogP contribution in [0.3, 0.4) is 0 Å². The van der Waals surface area contributed by atoms with Crippen LogP contribution in [0.4, 0.5) is 0 Å². The van der Waals surface area contributed by atoms with Crippen LogP contribution in [-0.2, 0) is 7.05 Å². The highest BCUT2D eigenvalue weighted by Gasteiger charge is 2.45. The van der Waals surface area contributed by atoms with E-state index < -0.39 is 0 Å². The zero-order chi connectivity index (χ0) is 15.9. The predicted molar refractivity (Wildman–Crippen MR) is 87.2 cm³/mol. The number of aromatic nitrogens is 4. The van der Waals surface area contributed by atoms with Gasteiger partial charge in [-0.3, -0.25) is 4.68 Å². The molecule has 2 aromatic heterocycles. The number of hydrogen-bond acceptors (Lipinski definition) is 5. The lowest BCUT2D eigenvalue weighted by atomic mass is 9.62. The predicted octanol–water partition coefficient (Wildman–Crippen LogP) is 2.10. The van der Waals surface area contributed by atoms with Crippen molar-refractivity contribution in [3.63, 3.8) is 0 Å². The zero-order valence-corrected chi connectivity index (χ0v) is 13.7. The molecule has 0 amide bonds. The molecule has 23 heavy (non-hydrogen) atoms. The lowest BCUT2D eigenvalue weighted by Crippen LogP contribution is -2.49. The van der Waals surface area contributed by atoms with Crippen molar-refractivity contribution in [1.82, 2.24) is 25.3 Å². The Morgan fingerprint density at radius 3 is 2.61 bits per heavy atom. The van der Waals surface area contributed by atoms with Crippen LogP contribution in [0.5, 0.6) is 5.88 Å². The van der Waals surface area contributed by atoms with E-state index in [0.717, 1.165) is 42.9 Å². The van der Waals surface area contributed by atoms with Crippen molar-refractivity contribution >= 4 is 0 Å². The second-order valence-corrected chi connectivity index (χ2v) is 6.96. The Morgan fingerprint density at radius 1 is 1.22 bits per heavy atom. The third-order valence-electron chi connectivity index (χ3n) is 5.20. The van der Waals surface area contributed by atoms with Gasteiger partial charge in [-0.1, -0.05) is 0 Å². The molecule has 1 saturated carbocycles. The molecule has 1 spiro atoms. The molecule has 0 radical (unpaired) electrons. The van der Waals surface area contributed by atoms with Crippen molar-refractivity contribution in [3.8, 4) is 17.1 Å². The van der Waals surface area contributed by atoms with Crippen LogP contribution in [0.15, 0.2) is 18.3 Å². The van der Waals surface area contributed by atoms with Gasteiger partial charge in [-0.15, -0.1) is 10.2 Å². The Balaban J connectivity index is 1.39. The molecule has 2 fully saturated rings. The number of piperidine rings is 1. The summed E-state index contributed by atoms with van der Waals surface area (Å²) in [4.78, 5) is 0. The van der Waals surface area contributed by atoms with Gasteiger partial charge in [0.2, 0.25) is 5.88 Å². The fourth-order valence-corrected chi connectivity index (χ4v) is 3.90. The van der Waals surface area contributed by atoms with E-state index in [2.05, 4.69) is 20.6 Å². The summed E-state index contributed by atoms with van der Waals surface area (Å²) in [7, 11) is 1.91. The van der Waals surface area contributed by atoms with Crippen molar-refractivity contribution in [2.24, 2.45) is 12.5 Å². The van der Waals surface area contributed by atoms with Crippen LogP contribution in [0.2, 0.25) is 0 Å². The van der Waals surface area contributed by atoms with Gasteiger partial charge >= 0.3 is 0 Å². The summed E-state index contributed by atoms with van der Waals surface area (Å²) in [5, 5.41) is 16.3. The largest absolute Gasteiger partial charge is 0.473 e. The van der Waals surface area contributed by atoms with Crippen LogP contribution in [0, 0.1) is 12.3 Å². The van der Waals surface area contributed by atoms with Crippen molar-refractivity contribution in [1.29, 1.82) is 0 Å². The minimum Gasteiger partial charge on any atom is -0.473 e. The maximum absolute atomic E-state index is 5.99. The molecule has 1 aliphatic heterocycles. The molecule has 0 unspecified atom stereocenters. The molecule has 1 aliphatic carbocycles. The van der Waals surface area contributed by atoms with Crippen LogP contribution in [-0.4, -0.2) is 39.2 Å². The monoisotopic (exact) mass is 313 g/mol. The second-order valence-electron chi connectivity index (χ2n) is 6.96. The minimum absolute atomic E-state index is 0.299. The molecule has 2 aliphatic rings. The first-order chi connectivity index (χ1) is 11.1. The van der Waals surface area contributed by atoms with Gasteiger partial charge in [0.25, 0.3) is 0 Å². The third kappa shape index (κ3) is 2.83. The van der Waals surface area contributed by atoms with Crippen molar-refractivity contribution < 1.29 is 4.74 Å². The molecule has 6 heteroatoms. The summed E-state index contributed by atoms with van der Waals surface area (Å²) in [5.74, 6) is 0.629. The first kappa shape index (κ1) is 14.6. The van der Waals surface area contributed by atoms with Gasteiger partial charge < -0.3 is 10.1 Å². The van der Waals surface area contributed by atoms with Gasteiger partial charge in [0.05, 0.1) is 11.4 Å². The third-order valence-corrected chi connectivity index (χ3v) is 5.20. The fourth-order valence-electron chi connectivity index (χ4n) is 3.90. The molecular formula is C17H23N5O. The number of hydrogen-bond donors (Lipinski definition) is 1. The van der Waals surface area contributed by atoms with E-state index in [4.69, 9.17) is 4.74 Å². The molecule has 4 rings (SSSR count). The maximum Gasteiger partial charge on any atom is 0.233 e. The Hall–Kier alpha value is -1.95. The van der Waals surface area contributed by atoms with Crippen molar-refractivity contribution in [2.75, 3.05) is 13.1 Å². The van der Waals surface area contributed by atoms with E-state index >= 15 is 0 Å². The summed E-state index contributed by atoms with van der Waals surface area (Å²) in [6.07, 6.45) is 7.12. The molecule has 3 heterocycles. The van der Waals surface area contributed by atoms with Crippen LogP contribution in [0.25, 0.3) is 11.3 Å². The molecular weight excluding hydrogens is 290 g/mol. The molecule has 6 nitrogen and oxygen atoms in total. The number of nitrogens with zero attached hydrogens (tertiary/aromatic N) is 4. The summed E-state index contributed by atoms with van der Waals surface area (Å²) in [6, 6.07) is 3.88. The van der Waals surface area contributed by atoms with Crippen LogP contribution in [0.1, 0.15) is 31.4 Å². The normalized spacial score (nSPS) is 20.4. The van der Waals surface area contributed by atoms with Gasteiger partial charge in [0.1, 0.15) is 6.10 Å². The van der Waals surface area contributed by atoms with E-state index in [1.807, 2.05) is 32.3 Å². The molecule has 122 valence electrons. The zero-order valence-electron chi connectivity index (χ0n) is 13.7. The lowest BCUT2D eigenvalue weighted by molar-refractivity contribution is -0.0371. The Bertz CT molecular complexity index is 680. The highest BCUT2D eigenvalue weighted by molar-refractivity contribution is 5.60. The minimum atomic E-state index is 0.299. The molecule has 2 aromatic rings. The Labute approximate surface area is 136 Å². The Morgan fingerprint density at radius 2 is 2.00 bits per heavy atom. The quantitative estimate of drug-likeness (QED) is 0.940. The number of nitrogens with one attached hydrogen (secondary N) is 1. The molecule has 0 bridgehead atoms. The highest BCUT2D eigenvalue weighted by Crippen LogP contribution is 2.49. The van der Waals surface area contributed by atoms with Crippen LogP contribution < -0.4 is 10.1 Å². The molecule has 1 saturated heterocycles. The topological polar surface area (TPSA) is 64.9 Å². The van der Waals surface area contributed by atoms with E-state index in [9.17, 15) is 0 Å². The second kappa shape index (κ2) is 5.60. The molecule has 1 N–H and O–H groups in total. The standard InChI is InChI=1S/C17H23N5O/c1-12-14(11-22(2)21-12)15-3-4-16(20-19-15)23-13-9-17(10-13)5-7-18-8-6-17/h3-4,11,13,18H,5-10H2,1-2H3. The average Bonchev–Trinajstić information content (AvgIpc) is 2.86. The van der Waals surface area contributed by atoms with Gasteiger partial charge in [0.15, 0.2) is 0 Å². The van der Waals surface area contributed by atoms with Crippen molar-refractivity contribution in [2.45, 2.75) is 38.7 Å². The van der Waals surface area contributed by atoms with Gasteiger partial charge in [-0.2, -0.15) is 5.10 Å². The fraction of sp³-hybridized carbons (Fsp3) is 0.588. The average molecular weight is 313 g/mol. The summed E-state index contributed by atoms with van der Waals surface area (Å²) < 4.78 is 7.78. The van der Waals surface area contributed by atoms with E-state index in [-0.39, 0.29) is 0 Å². The van der Waals surface area contributed by atoms with E-state index in [0.29, 0.717) is 17.4 Å². The van der Waals surface area contributed by atoms with E-state index in [1.54, 1.807) is 4.68 Å². The number of aryl methyl sites for hydroxylation is 2. The van der Waals surface area contributed by atoms with Gasteiger partial charge in [-0.05, 0) is 57.2 Å². The van der Waals surface area contributed by atoms with E-state index in [1.165, 1.54) is 12.8 Å². The van der Waals surface area contributed by atoms with Gasteiger partial charge in [0, 0.05) is 24.9 Å². The SMILES string of the molecule is Cc1nn(C)cc1-c1ccc(OC2CC3(CCNCC3)C2)nn1. The Kier molecular flexibility index (Phi) is 3.56. The molecule has 0 atom stereocenters. The van der Waals surface area contributed by atoms with Gasteiger partial charge in [-0.25, -0.2) is 0 Å². The summed E-state index contributed by atoms with van der Waals surface area (Å²) >= 11 is 0. The summed E-state index contributed by atoms with van der Waals surface area (Å²) in [5.41, 5.74) is 3.34. The number of ether oxygens (including phenoxy) is 1. The first-order valence-corrected chi connectivity index (χ1v) is 8.35. The first-order valence-electron chi connectivity index (χ1n) is 8.35. The van der Waals surface area contributed by atoms with Crippen LogP contribution >= 0.6 is 0 Å². The number of rotatable bonds is 3. The highest BCUT2D eigenvalue weighted by atomic mass is 16.5. The summed E-state index contributed by atoms with van der Waals surface area (Å²) in [6.45, 7) is 4.27. The van der Waals surface area contributed by atoms with Crippen molar-refractivity contribution in [3.05, 3.63) is 24.0 Å². The molecule has 0 aromatic carbocycles. The smallest absolute Gasteiger partial charge is 0.233 e. The lowest BCUT2D eigenvalue weighted by Gasteiger charge is -2.49.